The summed E-state index contributed by atoms with van der Waals surface area (Å²) >= 11 is 3.30. The zero-order chi connectivity index (χ0) is 12.3. The first-order valence-corrected chi connectivity index (χ1v) is 5.75. The van der Waals surface area contributed by atoms with Gasteiger partial charge in [0.15, 0.2) is 0 Å². The van der Waals surface area contributed by atoms with Crippen molar-refractivity contribution in [1.29, 1.82) is 0 Å². The Morgan fingerprint density at radius 1 is 1.29 bits per heavy atom. The Morgan fingerprint density at radius 3 is 2.76 bits per heavy atom. The first kappa shape index (κ1) is 11.7. The van der Waals surface area contributed by atoms with Crippen LogP contribution in [-0.4, -0.2) is 16.1 Å². The minimum atomic E-state index is -0.211. The summed E-state index contributed by atoms with van der Waals surface area (Å²) in [6.45, 7) is 0.282. The van der Waals surface area contributed by atoms with Crippen LogP contribution >= 0.6 is 15.9 Å². The van der Waals surface area contributed by atoms with E-state index in [1.54, 1.807) is 18.2 Å². The van der Waals surface area contributed by atoms with E-state index in [1.807, 2.05) is 6.07 Å². The van der Waals surface area contributed by atoms with E-state index in [0.717, 1.165) is 4.47 Å². The lowest BCUT2D eigenvalue weighted by molar-refractivity contribution is 0.0950. The molecule has 0 bridgehead atoms. The van der Waals surface area contributed by atoms with E-state index in [4.69, 9.17) is 0 Å². The van der Waals surface area contributed by atoms with Gasteiger partial charge in [-0.1, -0.05) is 22.0 Å². The third kappa shape index (κ3) is 3.07. The van der Waals surface area contributed by atoms with Crippen LogP contribution in [0.3, 0.4) is 0 Å². The number of carbonyl (C=O) groups excluding carboxylic acids is 1. The van der Waals surface area contributed by atoms with Crippen LogP contribution in [-0.2, 0) is 6.54 Å². The molecule has 1 amide bonds. The molecule has 2 aromatic rings. The van der Waals surface area contributed by atoms with Gasteiger partial charge in [-0.25, -0.2) is 0 Å². The Balaban J connectivity index is 2.00. The molecular weight excluding hydrogens is 286 g/mol. The lowest BCUT2D eigenvalue weighted by atomic mass is 10.2. The molecule has 3 N–H and O–H groups in total. The number of rotatable bonds is 3. The average Bonchev–Trinajstić information content (AvgIpc) is 2.72. The molecule has 0 saturated heterocycles. The van der Waals surface area contributed by atoms with Gasteiger partial charge in [-0.3, -0.25) is 14.7 Å². The summed E-state index contributed by atoms with van der Waals surface area (Å²) in [7, 11) is 0. The lowest BCUT2D eigenvalue weighted by Crippen LogP contribution is -2.22. The largest absolute Gasteiger partial charge is 0.346 e. The third-order valence-electron chi connectivity index (χ3n) is 2.18. The molecule has 0 spiro atoms. The Hall–Kier alpha value is -1.82. The van der Waals surface area contributed by atoms with Crippen molar-refractivity contribution in [3.8, 4) is 0 Å². The van der Waals surface area contributed by atoms with Crippen LogP contribution in [0.15, 0.2) is 39.6 Å². The second-order valence-corrected chi connectivity index (χ2v) is 4.39. The van der Waals surface area contributed by atoms with Crippen LogP contribution in [0.2, 0.25) is 0 Å². The van der Waals surface area contributed by atoms with Crippen LogP contribution < -0.4 is 10.9 Å². The molecule has 1 aromatic carbocycles. The number of amides is 1. The van der Waals surface area contributed by atoms with Gasteiger partial charge in [0.2, 0.25) is 0 Å². The van der Waals surface area contributed by atoms with Gasteiger partial charge in [0, 0.05) is 16.1 Å². The molecule has 0 atom stereocenters. The van der Waals surface area contributed by atoms with Crippen molar-refractivity contribution in [1.82, 2.24) is 15.5 Å². The molecule has 0 aliphatic rings. The number of hydrogen-bond acceptors (Lipinski definition) is 2. The molecule has 88 valence electrons. The molecule has 0 saturated carbocycles. The van der Waals surface area contributed by atoms with Crippen molar-refractivity contribution < 1.29 is 4.79 Å². The predicted octanol–water partition coefficient (Wildman–Crippen LogP) is 1.40. The van der Waals surface area contributed by atoms with Gasteiger partial charge in [0.05, 0.1) is 12.2 Å². The Morgan fingerprint density at radius 2 is 2.12 bits per heavy atom. The van der Waals surface area contributed by atoms with Gasteiger partial charge < -0.3 is 10.4 Å². The molecule has 6 heteroatoms. The first-order valence-electron chi connectivity index (χ1n) is 4.95. The predicted molar refractivity (Wildman–Crippen MR) is 66.7 cm³/mol. The minimum absolute atomic E-state index is 0.187. The lowest BCUT2D eigenvalue weighted by Gasteiger charge is -2.03. The van der Waals surface area contributed by atoms with Crippen LogP contribution in [0, 0.1) is 0 Å². The van der Waals surface area contributed by atoms with Crippen LogP contribution in [0.5, 0.6) is 0 Å². The second kappa shape index (κ2) is 5.01. The molecule has 2 rings (SSSR count). The van der Waals surface area contributed by atoms with Crippen LogP contribution in [0.4, 0.5) is 0 Å². The van der Waals surface area contributed by atoms with E-state index in [0.29, 0.717) is 11.3 Å². The van der Waals surface area contributed by atoms with Crippen molar-refractivity contribution in [3.63, 3.8) is 0 Å². The zero-order valence-corrected chi connectivity index (χ0v) is 10.4. The van der Waals surface area contributed by atoms with E-state index in [-0.39, 0.29) is 18.0 Å². The first-order chi connectivity index (χ1) is 8.15. The smallest absolute Gasteiger partial charge is 0.264 e. The highest BCUT2D eigenvalue weighted by Crippen LogP contribution is 2.11. The summed E-state index contributed by atoms with van der Waals surface area (Å²) in [6, 6.07) is 8.49. The van der Waals surface area contributed by atoms with E-state index < -0.39 is 0 Å². The maximum atomic E-state index is 11.7. The molecule has 0 radical (unpaired) electrons. The van der Waals surface area contributed by atoms with Gasteiger partial charge >= 0.3 is 0 Å². The molecular formula is C11H10BrN3O2. The molecule has 1 aromatic heterocycles. The quantitative estimate of drug-likeness (QED) is 0.800. The fraction of sp³-hybridized carbons (Fsp3) is 0.0909. The number of carbonyl (C=O) groups is 1. The standard InChI is InChI=1S/C11H10BrN3O2/c12-8-3-1-2-7(4-8)11(17)13-6-9-5-10(16)15-14-9/h1-5H,6H2,(H,13,17)(H2,14,15,16). The minimum Gasteiger partial charge on any atom is -0.346 e. The number of benzene rings is 1. The molecule has 0 aliphatic carbocycles. The van der Waals surface area contributed by atoms with Crippen LogP contribution in [0.25, 0.3) is 0 Å². The molecule has 0 fully saturated rings. The van der Waals surface area contributed by atoms with Crippen molar-refractivity contribution in [3.05, 3.63) is 56.4 Å². The van der Waals surface area contributed by atoms with Gasteiger partial charge in [0.1, 0.15) is 0 Å². The number of aromatic nitrogens is 2. The number of nitrogens with one attached hydrogen (secondary N) is 3. The van der Waals surface area contributed by atoms with Crippen molar-refractivity contribution in [2.24, 2.45) is 0 Å². The Bertz CT molecular complexity index is 588. The highest BCUT2D eigenvalue weighted by atomic mass is 79.9. The normalized spacial score (nSPS) is 10.2. The fourth-order valence-electron chi connectivity index (χ4n) is 1.37. The highest BCUT2D eigenvalue weighted by molar-refractivity contribution is 9.10. The van der Waals surface area contributed by atoms with Crippen LogP contribution in [0.1, 0.15) is 16.1 Å². The average molecular weight is 296 g/mol. The van der Waals surface area contributed by atoms with Gasteiger partial charge in [-0.05, 0) is 18.2 Å². The van der Waals surface area contributed by atoms with Gasteiger partial charge in [-0.2, -0.15) is 0 Å². The zero-order valence-electron chi connectivity index (χ0n) is 8.79. The highest BCUT2D eigenvalue weighted by Gasteiger charge is 2.05. The number of aromatic amines is 2. The van der Waals surface area contributed by atoms with Crippen molar-refractivity contribution in [2.75, 3.05) is 0 Å². The maximum Gasteiger partial charge on any atom is 0.264 e. The third-order valence-corrected chi connectivity index (χ3v) is 2.67. The summed E-state index contributed by atoms with van der Waals surface area (Å²) in [5.74, 6) is -0.187. The maximum absolute atomic E-state index is 11.7. The Kier molecular flexibility index (Phi) is 3.43. The molecule has 17 heavy (non-hydrogen) atoms. The number of hydrogen-bond donors (Lipinski definition) is 3. The second-order valence-electron chi connectivity index (χ2n) is 3.48. The van der Waals surface area contributed by atoms with Gasteiger partial charge in [0.25, 0.3) is 11.5 Å². The Labute approximate surface area is 105 Å². The summed E-state index contributed by atoms with van der Waals surface area (Å²) in [5.41, 5.74) is 0.993. The topological polar surface area (TPSA) is 77.8 Å². The van der Waals surface area contributed by atoms with E-state index in [9.17, 15) is 9.59 Å². The fourth-order valence-corrected chi connectivity index (χ4v) is 1.77. The summed E-state index contributed by atoms with van der Waals surface area (Å²) in [4.78, 5) is 22.6. The molecule has 1 heterocycles. The number of H-pyrrole nitrogens is 2. The monoisotopic (exact) mass is 295 g/mol. The van der Waals surface area contributed by atoms with Crippen molar-refractivity contribution >= 4 is 21.8 Å². The SMILES string of the molecule is O=C(NCc1cc(=O)[nH][nH]1)c1cccc(Br)c1. The summed E-state index contributed by atoms with van der Waals surface area (Å²) in [6.07, 6.45) is 0. The summed E-state index contributed by atoms with van der Waals surface area (Å²) < 4.78 is 0.847. The van der Waals surface area contributed by atoms with Gasteiger partial charge in [-0.15, -0.1) is 0 Å². The van der Waals surface area contributed by atoms with E-state index in [2.05, 4.69) is 31.4 Å². The molecule has 0 aliphatic heterocycles. The van der Waals surface area contributed by atoms with E-state index in [1.165, 1.54) is 6.07 Å². The van der Waals surface area contributed by atoms with E-state index >= 15 is 0 Å². The van der Waals surface area contributed by atoms with Crippen molar-refractivity contribution in [2.45, 2.75) is 6.54 Å². The number of halogens is 1. The summed E-state index contributed by atoms with van der Waals surface area (Å²) in [5, 5.41) is 7.77. The molecule has 0 unspecified atom stereocenters. The molecule has 5 nitrogen and oxygen atoms in total.